The van der Waals surface area contributed by atoms with Crippen LogP contribution >= 0.6 is 12.4 Å². The Hall–Kier alpha value is -2.41. The monoisotopic (exact) mass is 364 g/mol. The molecule has 0 saturated heterocycles. The Morgan fingerprint density at radius 2 is 1.00 bits per heavy atom. The predicted molar refractivity (Wildman–Crippen MR) is 97.8 cm³/mol. The van der Waals surface area contributed by atoms with Crippen molar-refractivity contribution in [3.63, 3.8) is 0 Å². The summed E-state index contributed by atoms with van der Waals surface area (Å²) in [4.78, 5) is 21.5. The summed E-state index contributed by atoms with van der Waals surface area (Å²) in [7, 11) is 0. The second-order valence-corrected chi connectivity index (χ2v) is 5.69. The van der Waals surface area contributed by atoms with Gasteiger partial charge in [-0.1, -0.05) is 48.5 Å². The highest BCUT2D eigenvalue weighted by atomic mass is 35.5. The van der Waals surface area contributed by atoms with Crippen molar-refractivity contribution in [1.82, 2.24) is 0 Å². The first-order chi connectivity index (χ1) is 11.4. The van der Waals surface area contributed by atoms with Crippen LogP contribution < -0.4 is 11.5 Å². The summed E-state index contributed by atoms with van der Waals surface area (Å²) in [6, 6.07) is 13.2. The number of carboxylic acid groups (broad SMARTS) is 2. The van der Waals surface area contributed by atoms with E-state index in [2.05, 4.69) is 0 Å². The minimum absolute atomic E-state index is 0. The lowest BCUT2D eigenvalue weighted by Crippen LogP contribution is -2.32. The van der Waals surface area contributed by atoms with Gasteiger partial charge in [-0.05, 0) is 35.1 Å². The van der Waals surface area contributed by atoms with E-state index in [-0.39, 0.29) is 25.2 Å². The lowest BCUT2D eigenvalue weighted by molar-refractivity contribution is -0.139. The van der Waals surface area contributed by atoms with E-state index in [9.17, 15) is 9.59 Å². The smallest absolute Gasteiger partial charge is 0.320 e. The Morgan fingerprint density at radius 1 is 0.720 bits per heavy atom. The van der Waals surface area contributed by atoms with Crippen LogP contribution in [0, 0.1) is 0 Å². The number of hydrogen-bond donors (Lipinski definition) is 4. The minimum atomic E-state index is -1.02. The number of aliphatic carboxylic acids is 2. The van der Waals surface area contributed by atoms with E-state index in [1.807, 2.05) is 48.5 Å². The number of nitrogens with two attached hydrogens (primary N) is 2. The van der Waals surface area contributed by atoms with Crippen LogP contribution in [-0.2, 0) is 22.4 Å². The molecule has 0 unspecified atom stereocenters. The molecule has 134 valence electrons. The van der Waals surface area contributed by atoms with Gasteiger partial charge in [0.1, 0.15) is 12.1 Å². The van der Waals surface area contributed by atoms with Crippen molar-refractivity contribution in [1.29, 1.82) is 0 Å². The zero-order valence-corrected chi connectivity index (χ0v) is 14.3. The molecular weight excluding hydrogens is 344 g/mol. The second kappa shape index (κ2) is 9.17. The Labute approximate surface area is 151 Å². The van der Waals surface area contributed by atoms with Gasteiger partial charge in [-0.15, -0.1) is 12.4 Å². The first-order valence-electron chi connectivity index (χ1n) is 7.52. The van der Waals surface area contributed by atoms with Crippen molar-refractivity contribution in [3.8, 4) is 11.1 Å². The molecule has 6 N–H and O–H groups in total. The summed E-state index contributed by atoms with van der Waals surface area (Å²) in [5, 5.41) is 17.7. The molecule has 6 nitrogen and oxygen atoms in total. The SMILES string of the molecule is Cl.N[C@@H](Cc1ccc(-c2ccc(C[C@H](N)C(=O)O)cc2)cc1)C(=O)O. The van der Waals surface area contributed by atoms with Crippen molar-refractivity contribution in [2.75, 3.05) is 0 Å². The van der Waals surface area contributed by atoms with Gasteiger partial charge in [0, 0.05) is 0 Å². The molecule has 0 aliphatic carbocycles. The quantitative estimate of drug-likeness (QED) is 0.592. The van der Waals surface area contributed by atoms with Crippen molar-refractivity contribution in [3.05, 3.63) is 59.7 Å². The molecule has 25 heavy (non-hydrogen) atoms. The molecule has 2 aromatic carbocycles. The van der Waals surface area contributed by atoms with Crippen LogP contribution in [0.4, 0.5) is 0 Å². The Kier molecular flexibility index (Phi) is 7.57. The van der Waals surface area contributed by atoms with Crippen molar-refractivity contribution in [2.24, 2.45) is 11.5 Å². The Morgan fingerprint density at radius 3 is 1.24 bits per heavy atom. The maximum absolute atomic E-state index is 10.8. The summed E-state index contributed by atoms with van der Waals surface area (Å²) < 4.78 is 0. The van der Waals surface area contributed by atoms with Crippen LogP contribution in [0.25, 0.3) is 11.1 Å². The van der Waals surface area contributed by atoms with Gasteiger partial charge in [-0.3, -0.25) is 9.59 Å². The molecule has 0 fully saturated rings. The van der Waals surface area contributed by atoms with Crippen molar-refractivity contribution < 1.29 is 19.8 Å². The molecule has 2 atom stereocenters. The molecule has 2 aromatic rings. The summed E-state index contributed by atoms with van der Waals surface area (Å²) in [6.07, 6.45) is 0.559. The molecule has 0 aliphatic heterocycles. The van der Waals surface area contributed by atoms with E-state index in [0.29, 0.717) is 0 Å². The molecule has 0 bridgehead atoms. The molecule has 0 saturated carbocycles. The lowest BCUT2D eigenvalue weighted by atomic mass is 9.98. The number of hydrogen-bond acceptors (Lipinski definition) is 4. The number of halogens is 1. The maximum Gasteiger partial charge on any atom is 0.320 e. The van der Waals surface area contributed by atoms with Crippen LogP contribution in [0.5, 0.6) is 0 Å². The van der Waals surface area contributed by atoms with Crippen molar-refractivity contribution in [2.45, 2.75) is 24.9 Å². The van der Waals surface area contributed by atoms with Crippen molar-refractivity contribution >= 4 is 24.3 Å². The van der Waals surface area contributed by atoms with E-state index >= 15 is 0 Å². The second-order valence-electron chi connectivity index (χ2n) is 5.69. The molecule has 0 aliphatic rings. The van der Waals surface area contributed by atoms with E-state index in [0.717, 1.165) is 22.3 Å². The van der Waals surface area contributed by atoms with Crippen LogP contribution in [0.2, 0.25) is 0 Å². The van der Waals surface area contributed by atoms with E-state index in [1.54, 1.807) is 0 Å². The van der Waals surface area contributed by atoms with E-state index in [1.165, 1.54) is 0 Å². The maximum atomic E-state index is 10.8. The first-order valence-corrected chi connectivity index (χ1v) is 7.52. The van der Waals surface area contributed by atoms with Crippen LogP contribution in [0.1, 0.15) is 11.1 Å². The van der Waals surface area contributed by atoms with E-state index < -0.39 is 24.0 Å². The average molecular weight is 365 g/mol. The zero-order chi connectivity index (χ0) is 17.7. The first kappa shape index (κ1) is 20.6. The number of rotatable bonds is 7. The third kappa shape index (κ3) is 5.86. The van der Waals surface area contributed by atoms with Crippen LogP contribution in [-0.4, -0.2) is 34.2 Å². The molecule has 2 rings (SSSR count). The summed E-state index contributed by atoms with van der Waals surface area (Å²) in [5.74, 6) is -2.04. The Bertz CT molecular complexity index is 653. The van der Waals surface area contributed by atoms with Gasteiger partial charge in [0.25, 0.3) is 0 Å². The number of carbonyl (C=O) groups is 2. The highest BCUT2D eigenvalue weighted by molar-refractivity contribution is 5.85. The molecule has 0 aromatic heterocycles. The Balaban J connectivity index is 0.00000312. The largest absolute Gasteiger partial charge is 0.480 e. The van der Waals surface area contributed by atoms with Gasteiger partial charge >= 0.3 is 11.9 Å². The summed E-state index contributed by atoms with van der Waals surface area (Å²) in [5.41, 5.74) is 14.7. The predicted octanol–water partition coefficient (Wildman–Crippen LogP) is 1.68. The van der Waals surface area contributed by atoms with Gasteiger partial charge in [-0.25, -0.2) is 0 Å². The van der Waals surface area contributed by atoms with E-state index in [4.69, 9.17) is 21.7 Å². The highest BCUT2D eigenvalue weighted by Gasteiger charge is 2.13. The molecule has 0 radical (unpaired) electrons. The minimum Gasteiger partial charge on any atom is -0.480 e. The zero-order valence-electron chi connectivity index (χ0n) is 13.5. The topological polar surface area (TPSA) is 127 Å². The molecule has 0 amide bonds. The molecule has 7 heteroatoms. The molecule has 0 heterocycles. The summed E-state index contributed by atoms with van der Waals surface area (Å²) >= 11 is 0. The van der Waals surface area contributed by atoms with Crippen LogP contribution in [0.3, 0.4) is 0 Å². The van der Waals surface area contributed by atoms with Crippen LogP contribution in [0.15, 0.2) is 48.5 Å². The molecule has 0 spiro atoms. The van der Waals surface area contributed by atoms with Gasteiger partial charge in [0.05, 0.1) is 0 Å². The standard InChI is InChI=1S/C18H20N2O4.ClH/c19-15(17(21)22)9-11-1-5-13(6-2-11)14-7-3-12(4-8-14)10-16(20)18(23)24;/h1-8,15-16H,9-10,19-20H2,(H,21,22)(H,23,24);1H/t15-,16-;/m0./s1. The molecular formula is C18H21ClN2O4. The lowest BCUT2D eigenvalue weighted by Gasteiger charge is -2.09. The average Bonchev–Trinajstić information content (AvgIpc) is 2.56. The summed E-state index contributed by atoms with van der Waals surface area (Å²) in [6.45, 7) is 0. The highest BCUT2D eigenvalue weighted by Crippen LogP contribution is 2.21. The van der Waals surface area contributed by atoms with Gasteiger partial charge in [0.2, 0.25) is 0 Å². The van der Waals surface area contributed by atoms with Gasteiger partial charge in [-0.2, -0.15) is 0 Å². The van der Waals surface area contributed by atoms with Gasteiger partial charge < -0.3 is 21.7 Å². The third-order valence-corrected chi connectivity index (χ3v) is 3.79. The fourth-order valence-corrected chi connectivity index (χ4v) is 2.35. The third-order valence-electron chi connectivity index (χ3n) is 3.79. The normalized spacial score (nSPS) is 12.7. The van der Waals surface area contributed by atoms with Gasteiger partial charge in [0.15, 0.2) is 0 Å². The number of benzene rings is 2. The fraction of sp³-hybridized carbons (Fsp3) is 0.222. The number of carboxylic acids is 2. The fourth-order valence-electron chi connectivity index (χ4n) is 2.35.